The van der Waals surface area contributed by atoms with Crippen molar-refractivity contribution in [3.63, 3.8) is 0 Å². The van der Waals surface area contributed by atoms with Gasteiger partial charge in [-0.05, 0) is 75.2 Å². The molecule has 0 aromatic heterocycles. The highest BCUT2D eigenvalue weighted by Gasteiger charge is 2.58. The summed E-state index contributed by atoms with van der Waals surface area (Å²) >= 11 is 0. The van der Waals surface area contributed by atoms with Crippen LogP contribution in [0.3, 0.4) is 0 Å². The van der Waals surface area contributed by atoms with E-state index in [1.165, 1.54) is 32.2 Å². The van der Waals surface area contributed by atoms with Gasteiger partial charge in [-0.2, -0.15) is 0 Å². The van der Waals surface area contributed by atoms with Crippen LogP contribution in [0.1, 0.15) is 74.1 Å². The molecule has 2 fully saturated rings. The Morgan fingerprint density at radius 2 is 1.68 bits per heavy atom. The molecular formula is C21H37N. The molecule has 0 amide bonds. The standard InChI is InChI=1S/C21H37N/c1-13(2)19-16(7)12-21(20(19)14(3)4)10-11-22(15(5)6)18-9-8-17(18)21/h13-18H,8-12H2,1-7H3/t16-,17+,18-,21+/m0/s1. The predicted octanol–water partition coefficient (Wildman–Crippen LogP) is 5.51. The first kappa shape index (κ1) is 16.6. The molecule has 1 saturated heterocycles. The third-order valence-electron chi connectivity index (χ3n) is 7.10. The molecule has 0 aromatic rings. The maximum Gasteiger partial charge on any atom is 0.0135 e. The summed E-state index contributed by atoms with van der Waals surface area (Å²) in [5, 5.41) is 0. The van der Waals surface area contributed by atoms with Gasteiger partial charge in [-0.1, -0.05) is 45.8 Å². The molecule has 2 aliphatic carbocycles. The van der Waals surface area contributed by atoms with Gasteiger partial charge in [0, 0.05) is 12.1 Å². The lowest BCUT2D eigenvalue weighted by Gasteiger charge is -2.60. The lowest BCUT2D eigenvalue weighted by atomic mass is 9.53. The maximum atomic E-state index is 2.81. The Bertz CT molecular complexity index is 459. The number of nitrogens with zero attached hydrogens (tertiary/aromatic N) is 1. The third kappa shape index (κ3) is 2.22. The van der Waals surface area contributed by atoms with Gasteiger partial charge >= 0.3 is 0 Å². The molecular weight excluding hydrogens is 266 g/mol. The second-order valence-electron chi connectivity index (χ2n) is 9.27. The summed E-state index contributed by atoms with van der Waals surface area (Å²) < 4.78 is 0. The van der Waals surface area contributed by atoms with Gasteiger partial charge in [0.25, 0.3) is 0 Å². The molecule has 0 unspecified atom stereocenters. The van der Waals surface area contributed by atoms with Crippen LogP contribution in [0.4, 0.5) is 0 Å². The number of hydrogen-bond acceptors (Lipinski definition) is 1. The van der Waals surface area contributed by atoms with Crippen LogP contribution in [0.2, 0.25) is 0 Å². The van der Waals surface area contributed by atoms with E-state index in [0.717, 1.165) is 35.8 Å². The number of hydrogen-bond donors (Lipinski definition) is 0. The molecule has 1 heterocycles. The van der Waals surface area contributed by atoms with Crippen molar-refractivity contribution < 1.29 is 0 Å². The second-order valence-corrected chi connectivity index (χ2v) is 9.27. The molecule has 1 saturated carbocycles. The Morgan fingerprint density at radius 3 is 2.14 bits per heavy atom. The average molecular weight is 304 g/mol. The second kappa shape index (κ2) is 5.65. The summed E-state index contributed by atoms with van der Waals surface area (Å²) in [4.78, 5) is 2.81. The molecule has 1 aliphatic heterocycles. The van der Waals surface area contributed by atoms with Gasteiger partial charge in [-0.15, -0.1) is 0 Å². The molecule has 0 N–H and O–H groups in total. The highest BCUT2D eigenvalue weighted by molar-refractivity contribution is 5.36. The predicted molar refractivity (Wildman–Crippen MR) is 95.9 cm³/mol. The molecule has 22 heavy (non-hydrogen) atoms. The fourth-order valence-electron chi connectivity index (χ4n) is 6.54. The smallest absolute Gasteiger partial charge is 0.0135 e. The lowest BCUT2D eigenvalue weighted by molar-refractivity contribution is -0.0790. The summed E-state index contributed by atoms with van der Waals surface area (Å²) in [5.41, 5.74) is 4.29. The van der Waals surface area contributed by atoms with Crippen LogP contribution in [-0.4, -0.2) is 23.5 Å². The zero-order valence-electron chi connectivity index (χ0n) is 15.9. The van der Waals surface area contributed by atoms with E-state index in [0.29, 0.717) is 5.41 Å². The van der Waals surface area contributed by atoms with Gasteiger partial charge < -0.3 is 0 Å². The van der Waals surface area contributed by atoms with Gasteiger partial charge in [0.15, 0.2) is 0 Å². The normalized spacial score (nSPS) is 39.3. The van der Waals surface area contributed by atoms with Crippen molar-refractivity contribution in [2.24, 2.45) is 29.1 Å². The molecule has 0 radical (unpaired) electrons. The van der Waals surface area contributed by atoms with Gasteiger partial charge in [0.05, 0.1) is 0 Å². The Balaban J connectivity index is 2.00. The highest BCUT2D eigenvalue weighted by atomic mass is 15.2. The van der Waals surface area contributed by atoms with Crippen LogP contribution in [0.25, 0.3) is 0 Å². The van der Waals surface area contributed by atoms with E-state index in [9.17, 15) is 0 Å². The number of piperidine rings is 1. The fourth-order valence-corrected chi connectivity index (χ4v) is 6.54. The number of likely N-dealkylation sites (tertiary alicyclic amines) is 1. The fraction of sp³-hybridized carbons (Fsp3) is 0.905. The first-order valence-electron chi connectivity index (χ1n) is 9.79. The van der Waals surface area contributed by atoms with Crippen LogP contribution in [0.15, 0.2) is 11.1 Å². The zero-order valence-corrected chi connectivity index (χ0v) is 15.9. The monoisotopic (exact) mass is 303 g/mol. The SMILES string of the molecule is CC(C)C1=C(C(C)C)[C@]2(CCN(C(C)C)[C@H]3CC[C@H]32)C[C@@H]1C. The van der Waals surface area contributed by atoms with Crippen molar-refractivity contribution in [3.8, 4) is 0 Å². The molecule has 0 aromatic carbocycles. The Morgan fingerprint density at radius 1 is 1.00 bits per heavy atom. The van der Waals surface area contributed by atoms with E-state index in [-0.39, 0.29) is 0 Å². The number of allylic oxidation sites excluding steroid dienone is 2. The molecule has 1 heteroatoms. The van der Waals surface area contributed by atoms with Crippen molar-refractivity contribution in [2.75, 3.05) is 6.54 Å². The van der Waals surface area contributed by atoms with Crippen molar-refractivity contribution in [2.45, 2.75) is 86.2 Å². The minimum atomic E-state index is 0.557. The summed E-state index contributed by atoms with van der Waals surface area (Å²) in [6.45, 7) is 18.4. The molecule has 3 aliphatic rings. The van der Waals surface area contributed by atoms with E-state index < -0.39 is 0 Å². The molecule has 3 rings (SSSR count). The zero-order chi connectivity index (χ0) is 16.2. The first-order chi connectivity index (χ1) is 10.3. The van der Waals surface area contributed by atoms with Crippen molar-refractivity contribution in [1.82, 2.24) is 4.90 Å². The maximum absolute atomic E-state index is 2.81. The van der Waals surface area contributed by atoms with E-state index in [4.69, 9.17) is 0 Å². The molecule has 1 spiro atoms. The van der Waals surface area contributed by atoms with E-state index in [1.54, 1.807) is 0 Å². The summed E-state index contributed by atoms with van der Waals surface area (Å²) in [6.07, 6.45) is 5.78. The largest absolute Gasteiger partial charge is 0.298 e. The average Bonchev–Trinajstić information content (AvgIpc) is 2.64. The Labute approximate surface area is 138 Å². The van der Waals surface area contributed by atoms with Crippen molar-refractivity contribution in [3.05, 3.63) is 11.1 Å². The van der Waals surface area contributed by atoms with Crippen molar-refractivity contribution >= 4 is 0 Å². The summed E-state index contributed by atoms with van der Waals surface area (Å²) in [7, 11) is 0. The van der Waals surface area contributed by atoms with Gasteiger partial charge in [-0.25, -0.2) is 0 Å². The van der Waals surface area contributed by atoms with Crippen LogP contribution < -0.4 is 0 Å². The van der Waals surface area contributed by atoms with Crippen LogP contribution in [-0.2, 0) is 0 Å². The summed E-state index contributed by atoms with van der Waals surface area (Å²) in [5.74, 6) is 3.21. The molecule has 126 valence electrons. The molecule has 4 atom stereocenters. The topological polar surface area (TPSA) is 3.24 Å². The quantitative estimate of drug-likeness (QED) is 0.621. The minimum Gasteiger partial charge on any atom is -0.298 e. The molecule has 1 nitrogen and oxygen atoms in total. The number of rotatable bonds is 3. The number of fused-ring (bicyclic) bond motifs is 2. The van der Waals surface area contributed by atoms with Gasteiger partial charge in [0.1, 0.15) is 0 Å². The Hall–Kier alpha value is -0.300. The van der Waals surface area contributed by atoms with Crippen LogP contribution >= 0.6 is 0 Å². The van der Waals surface area contributed by atoms with Gasteiger partial charge in [-0.3, -0.25) is 4.90 Å². The van der Waals surface area contributed by atoms with E-state index in [1.807, 2.05) is 11.1 Å². The van der Waals surface area contributed by atoms with E-state index in [2.05, 4.69) is 53.4 Å². The summed E-state index contributed by atoms with van der Waals surface area (Å²) in [6, 6.07) is 1.60. The van der Waals surface area contributed by atoms with Gasteiger partial charge in [0.2, 0.25) is 0 Å². The third-order valence-corrected chi connectivity index (χ3v) is 7.10. The Kier molecular flexibility index (Phi) is 4.25. The lowest BCUT2D eigenvalue weighted by Crippen LogP contribution is -2.61. The van der Waals surface area contributed by atoms with Crippen LogP contribution in [0, 0.1) is 29.1 Å². The molecule has 0 bridgehead atoms. The van der Waals surface area contributed by atoms with E-state index >= 15 is 0 Å². The first-order valence-corrected chi connectivity index (χ1v) is 9.79. The highest BCUT2D eigenvalue weighted by Crippen LogP contribution is 2.64. The van der Waals surface area contributed by atoms with Crippen molar-refractivity contribution in [1.29, 1.82) is 0 Å². The van der Waals surface area contributed by atoms with Crippen LogP contribution in [0.5, 0.6) is 0 Å². The minimum absolute atomic E-state index is 0.557.